The molecule has 10 heteroatoms. The van der Waals surface area contributed by atoms with Crippen LogP contribution < -0.4 is 10.5 Å². The standard InChI is InChI=1S/C35H36ClF3N2O4/c1-19-12-23(14-25(13-19)35(37,38)39)31-20(2)41(33(43)45-31)18-24-17-34(3,4)11-10-26(24)28-15-21(7-9-30(28)44-5)27-8-6-22(32(40)42)16-29(27)36/h6-9,12-16,20,31H,10-11,17-18H2,1-5H3,(H2,40,42)/t20-,31-/m0/s1. The summed E-state index contributed by atoms with van der Waals surface area (Å²) in [6.07, 6.45) is -3.60. The monoisotopic (exact) mass is 640 g/mol. The van der Waals surface area contributed by atoms with Gasteiger partial charge in [-0.15, -0.1) is 0 Å². The molecule has 45 heavy (non-hydrogen) atoms. The number of allylic oxidation sites excluding steroid dienone is 1. The largest absolute Gasteiger partial charge is 0.496 e. The Kier molecular flexibility index (Phi) is 8.70. The summed E-state index contributed by atoms with van der Waals surface area (Å²) >= 11 is 6.57. The van der Waals surface area contributed by atoms with Crippen molar-refractivity contribution in [1.82, 2.24) is 4.90 Å². The Morgan fingerprint density at radius 1 is 1.11 bits per heavy atom. The van der Waals surface area contributed by atoms with Crippen LogP contribution in [0.4, 0.5) is 18.0 Å². The Hall–Kier alpha value is -3.98. The topological polar surface area (TPSA) is 81.9 Å². The van der Waals surface area contributed by atoms with Crippen LogP contribution in [0.2, 0.25) is 5.02 Å². The number of alkyl halides is 3. The summed E-state index contributed by atoms with van der Waals surface area (Å²) in [6, 6.07) is 14.0. The molecule has 0 radical (unpaired) electrons. The van der Waals surface area contributed by atoms with Gasteiger partial charge >= 0.3 is 12.3 Å². The van der Waals surface area contributed by atoms with Crippen molar-refractivity contribution in [2.75, 3.05) is 13.7 Å². The third kappa shape index (κ3) is 6.69. The molecule has 2 atom stereocenters. The Labute approximate surface area is 265 Å². The van der Waals surface area contributed by atoms with Crippen LogP contribution in [-0.4, -0.2) is 36.6 Å². The lowest BCUT2D eigenvalue weighted by Crippen LogP contribution is -2.35. The Morgan fingerprint density at radius 2 is 1.84 bits per heavy atom. The number of carbonyl (C=O) groups is 2. The second-order valence-corrected chi connectivity index (χ2v) is 13.1. The van der Waals surface area contributed by atoms with E-state index in [1.165, 1.54) is 0 Å². The van der Waals surface area contributed by atoms with Crippen LogP contribution in [0.1, 0.15) is 78.7 Å². The van der Waals surface area contributed by atoms with Crippen molar-refractivity contribution >= 4 is 29.2 Å². The summed E-state index contributed by atoms with van der Waals surface area (Å²) < 4.78 is 52.2. The van der Waals surface area contributed by atoms with Crippen LogP contribution in [-0.2, 0) is 10.9 Å². The number of methoxy groups -OCH3 is 1. The molecule has 1 fully saturated rings. The summed E-state index contributed by atoms with van der Waals surface area (Å²) in [6.45, 7) is 8.02. The normalized spacial score (nSPS) is 19.9. The second-order valence-electron chi connectivity index (χ2n) is 12.7. The van der Waals surface area contributed by atoms with Crippen LogP contribution in [0.3, 0.4) is 0 Å². The van der Waals surface area contributed by atoms with Crippen LogP contribution in [0.15, 0.2) is 60.2 Å². The fraction of sp³-hybridized carbons (Fsp3) is 0.371. The number of ether oxygens (including phenoxy) is 2. The third-order valence-corrected chi connectivity index (χ3v) is 9.08. The van der Waals surface area contributed by atoms with Gasteiger partial charge in [0.25, 0.3) is 0 Å². The highest BCUT2D eigenvalue weighted by atomic mass is 35.5. The first kappa shape index (κ1) is 32.4. The number of halogens is 4. The Morgan fingerprint density at radius 3 is 2.49 bits per heavy atom. The van der Waals surface area contributed by atoms with Crippen molar-refractivity contribution in [2.45, 2.75) is 65.3 Å². The van der Waals surface area contributed by atoms with E-state index in [9.17, 15) is 22.8 Å². The number of primary amides is 1. The van der Waals surface area contributed by atoms with Gasteiger partial charge in [0.1, 0.15) is 11.9 Å². The fourth-order valence-electron chi connectivity index (χ4n) is 6.41. The maximum absolute atomic E-state index is 13.6. The average molecular weight is 641 g/mol. The van der Waals surface area contributed by atoms with Crippen molar-refractivity contribution in [3.63, 3.8) is 0 Å². The minimum absolute atomic E-state index is 0.0397. The van der Waals surface area contributed by atoms with Crippen molar-refractivity contribution in [3.8, 4) is 16.9 Å². The fourth-order valence-corrected chi connectivity index (χ4v) is 6.70. The van der Waals surface area contributed by atoms with Gasteiger partial charge in [-0.05, 0) is 97.2 Å². The number of hydrogen-bond acceptors (Lipinski definition) is 4. The van der Waals surface area contributed by atoms with Gasteiger partial charge in [-0.3, -0.25) is 9.69 Å². The van der Waals surface area contributed by atoms with Gasteiger partial charge in [0.15, 0.2) is 0 Å². The van der Waals surface area contributed by atoms with E-state index in [4.69, 9.17) is 26.8 Å². The number of nitrogens with two attached hydrogens (primary N) is 1. The van der Waals surface area contributed by atoms with Gasteiger partial charge in [-0.1, -0.05) is 49.2 Å². The van der Waals surface area contributed by atoms with Crippen molar-refractivity contribution in [3.05, 3.63) is 93.0 Å². The summed E-state index contributed by atoms with van der Waals surface area (Å²) in [5, 5.41) is 0.380. The predicted octanol–water partition coefficient (Wildman–Crippen LogP) is 8.99. The first-order chi connectivity index (χ1) is 21.1. The zero-order valence-corrected chi connectivity index (χ0v) is 26.6. The molecule has 5 rings (SSSR count). The van der Waals surface area contributed by atoms with Crippen LogP contribution in [0, 0.1) is 12.3 Å². The van der Waals surface area contributed by atoms with E-state index in [0.29, 0.717) is 33.9 Å². The summed E-state index contributed by atoms with van der Waals surface area (Å²) in [7, 11) is 1.60. The first-order valence-corrected chi connectivity index (χ1v) is 15.1. The van der Waals surface area contributed by atoms with Gasteiger partial charge in [-0.2, -0.15) is 13.2 Å². The number of cyclic esters (lactones) is 1. The lowest BCUT2D eigenvalue weighted by Gasteiger charge is -2.36. The van der Waals surface area contributed by atoms with Crippen LogP contribution in [0.5, 0.6) is 5.75 Å². The smallest absolute Gasteiger partial charge is 0.416 e. The molecule has 0 saturated carbocycles. The SMILES string of the molecule is COc1ccc(-c2ccc(C(N)=O)cc2Cl)cc1C1=C(CN2C(=O)O[C@H](c3cc(C)cc(C(F)(F)F)c3)[C@@H]2C)CC(C)(C)CC1. The van der Waals surface area contributed by atoms with E-state index >= 15 is 0 Å². The number of hydrogen-bond donors (Lipinski definition) is 1. The van der Waals surface area contributed by atoms with Gasteiger partial charge < -0.3 is 15.2 Å². The number of rotatable bonds is 7. The molecule has 0 spiro atoms. The quantitative estimate of drug-likeness (QED) is 0.279. The van der Waals surface area contributed by atoms with Crippen LogP contribution in [0.25, 0.3) is 16.7 Å². The highest BCUT2D eigenvalue weighted by Gasteiger charge is 2.42. The van der Waals surface area contributed by atoms with Crippen LogP contribution >= 0.6 is 11.6 Å². The zero-order valence-electron chi connectivity index (χ0n) is 25.8. The summed E-state index contributed by atoms with van der Waals surface area (Å²) in [5.74, 6) is 0.0868. The minimum Gasteiger partial charge on any atom is -0.496 e. The van der Waals surface area contributed by atoms with Crippen molar-refractivity contribution < 1.29 is 32.2 Å². The molecule has 0 bridgehead atoms. The zero-order chi connectivity index (χ0) is 32.8. The van der Waals surface area contributed by atoms with Gasteiger partial charge in [0.2, 0.25) is 5.91 Å². The predicted molar refractivity (Wildman–Crippen MR) is 168 cm³/mol. The third-order valence-electron chi connectivity index (χ3n) is 8.77. The molecule has 238 valence electrons. The molecule has 3 aromatic rings. The van der Waals surface area contributed by atoms with Crippen molar-refractivity contribution in [1.29, 1.82) is 0 Å². The average Bonchev–Trinajstić information content (AvgIpc) is 3.24. The molecule has 1 saturated heterocycles. The molecular weight excluding hydrogens is 605 g/mol. The molecule has 2 aliphatic rings. The Bertz CT molecular complexity index is 1700. The molecule has 2 amide bonds. The Balaban J connectivity index is 1.54. The number of nitrogens with zero attached hydrogens (tertiary/aromatic N) is 1. The molecular formula is C35H36ClF3N2O4. The summed E-state index contributed by atoms with van der Waals surface area (Å²) in [5.41, 5.74) is 10.2. The number of carbonyl (C=O) groups excluding carboxylic acids is 2. The molecule has 6 nitrogen and oxygen atoms in total. The molecule has 1 aliphatic carbocycles. The molecule has 1 heterocycles. The molecule has 3 aromatic carbocycles. The number of benzene rings is 3. The number of aryl methyl sites for hydroxylation is 1. The number of amides is 2. The van der Waals surface area contributed by atoms with Gasteiger partial charge in [0, 0.05) is 28.3 Å². The van der Waals surface area contributed by atoms with E-state index in [2.05, 4.69) is 13.8 Å². The molecule has 0 aromatic heterocycles. The lowest BCUT2D eigenvalue weighted by molar-refractivity contribution is -0.137. The first-order valence-electron chi connectivity index (χ1n) is 14.7. The highest BCUT2D eigenvalue weighted by molar-refractivity contribution is 6.33. The van der Waals surface area contributed by atoms with E-state index < -0.39 is 35.9 Å². The van der Waals surface area contributed by atoms with Gasteiger partial charge in [0.05, 0.1) is 18.7 Å². The molecule has 2 N–H and O–H groups in total. The molecule has 1 aliphatic heterocycles. The highest BCUT2D eigenvalue weighted by Crippen LogP contribution is 2.47. The van der Waals surface area contributed by atoms with E-state index in [-0.39, 0.29) is 12.0 Å². The van der Waals surface area contributed by atoms with E-state index in [0.717, 1.165) is 52.8 Å². The lowest BCUT2D eigenvalue weighted by atomic mass is 9.72. The molecule has 0 unspecified atom stereocenters. The van der Waals surface area contributed by atoms with Crippen molar-refractivity contribution in [2.24, 2.45) is 11.1 Å². The second kappa shape index (κ2) is 12.1. The maximum Gasteiger partial charge on any atom is 0.416 e. The van der Waals surface area contributed by atoms with E-state index in [1.807, 2.05) is 18.2 Å². The maximum atomic E-state index is 13.6. The minimum atomic E-state index is -4.51. The summed E-state index contributed by atoms with van der Waals surface area (Å²) in [4.78, 5) is 26.5. The van der Waals surface area contributed by atoms with E-state index in [1.54, 1.807) is 50.1 Å². The van der Waals surface area contributed by atoms with Gasteiger partial charge in [-0.25, -0.2) is 4.79 Å².